The molecule has 16 nitrogen and oxygen atoms in total. The monoisotopic (exact) mass is 1150 g/mol. The van der Waals surface area contributed by atoms with Gasteiger partial charge in [0.15, 0.2) is 23.1 Å². The minimum absolute atomic E-state index is 0.0295. The molecule has 80 heavy (non-hydrogen) atoms. The van der Waals surface area contributed by atoms with Crippen LogP contribution < -0.4 is 5.32 Å². The van der Waals surface area contributed by atoms with Gasteiger partial charge in [-0.1, -0.05) is 138 Å². The molecule has 0 aromatic carbocycles. The molecule has 1 N–H and O–H groups in total. The fourth-order valence-electron chi connectivity index (χ4n) is 5.56. The third-order valence-electron chi connectivity index (χ3n) is 11.4. The highest BCUT2D eigenvalue weighted by Crippen LogP contribution is 2.06. The van der Waals surface area contributed by atoms with E-state index < -0.39 is 0 Å². The summed E-state index contributed by atoms with van der Waals surface area (Å²) in [5, 5.41) is 3.08. The maximum Gasteiger partial charge on any atom is 0.160 e. The molecule has 0 heterocycles. The molecule has 0 radical (unpaired) electrons. The molecule has 0 saturated carbocycles. The molecular weight excluding hydrogens is 1020 g/mol. The third-order valence-corrected chi connectivity index (χ3v) is 11.4. The molecule has 0 bridgehead atoms. The summed E-state index contributed by atoms with van der Waals surface area (Å²) in [7, 11) is 0. The normalized spacial score (nSPS) is 11.4. The van der Waals surface area contributed by atoms with Crippen LogP contribution in [0.3, 0.4) is 0 Å². The first-order chi connectivity index (χ1) is 37.7. The Morgan fingerprint density at radius 1 is 0.250 bits per heavy atom. The standard InChI is InChI=1S/C17H34O5.C15H30O4.C13H26O3.C11H22O2.C8H17NO/c1-15(2)6-5-7-19-8-9-20-10-11-21-12-13-22-14-17(18)16(3)4;1-13(2)6-5-7-17-8-9-18-10-11-19-12-15(16)14(3)4;1-11(2)6-5-7-15-8-9-16-10-13(14)12(3)4;1-9(2)6-5-7-13-8-11(12)10(3)4;1-6(2)8(10)5-9-7(3)4/h15-16H,5-14H2,1-4H3;13-14H,5-12H2,1-4H3;11-12H,5-10H2,1-4H3;9-10H,5-8H2,1-4H3;6-7,9H,5H2,1-4H3. The summed E-state index contributed by atoms with van der Waals surface area (Å²) in [5.74, 6) is 4.23. The lowest BCUT2D eigenvalue weighted by atomic mass is 10.1. The molecule has 0 aliphatic rings. The zero-order chi connectivity index (χ0) is 61.9. The lowest BCUT2D eigenvalue weighted by Crippen LogP contribution is -2.31. The quantitative estimate of drug-likeness (QED) is 0.0566. The molecule has 0 unspecified atom stereocenters. The van der Waals surface area contributed by atoms with Gasteiger partial charge in [0.1, 0.15) is 32.2 Å². The van der Waals surface area contributed by atoms with Gasteiger partial charge in [-0.25, -0.2) is 0 Å². The van der Waals surface area contributed by atoms with Gasteiger partial charge in [0.25, 0.3) is 0 Å². The van der Waals surface area contributed by atoms with Crippen molar-refractivity contribution in [2.75, 3.05) is 139 Å². The van der Waals surface area contributed by atoms with Crippen molar-refractivity contribution in [1.82, 2.24) is 5.32 Å². The van der Waals surface area contributed by atoms with E-state index in [0.717, 1.165) is 75.8 Å². The Kier molecular flexibility index (Phi) is 69.9. The second-order valence-electron chi connectivity index (χ2n) is 23.7. The zero-order valence-corrected chi connectivity index (χ0v) is 55.4. The Bertz CT molecular complexity index is 1350. The molecule has 0 aliphatic carbocycles. The first kappa shape index (κ1) is 86.7. The van der Waals surface area contributed by atoms with E-state index in [1.807, 2.05) is 83.1 Å². The van der Waals surface area contributed by atoms with E-state index in [1.165, 1.54) is 25.7 Å². The average Bonchev–Trinajstić information content (AvgIpc) is 3.37. The van der Waals surface area contributed by atoms with Crippen LogP contribution in [0, 0.1) is 53.3 Å². The molecule has 0 spiro atoms. The predicted octanol–water partition coefficient (Wildman–Crippen LogP) is 12.0. The zero-order valence-electron chi connectivity index (χ0n) is 55.4. The van der Waals surface area contributed by atoms with Crippen LogP contribution in [-0.4, -0.2) is 174 Å². The molecule has 0 fully saturated rings. The number of carbonyl (C=O) groups excluding carboxylic acids is 5. The van der Waals surface area contributed by atoms with Gasteiger partial charge in [0, 0.05) is 62.1 Å². The van der Waals surface area contributed by atoms with Gasteiger partial charge in [-0.05, 0) is 75.0 Å². The Balaban J connectivity index is -0.000000300. The Morgan fingerprint density at radius 3 is 0.613 bits per heavy atom. The molecular formula is C64H129NO15. The summed E-state index contributed by atoms with van der Waals surface area (Å²) in [5.41, 5.74) is 0. The minimum atomic E-state index is 0.0295. The number of ketones is 5. The maximum atomic E-state index is 11.3. The van der Waals surface area contributed by atoms with Gasteiger partial charge in [-0.15, -0.1) is 0 Å². The molecule has 16 heteroatoms. The third kappa shape index (κ3) is 80.1. The number of ether oxygens (including phenoxy) is 10. The van der Waals surface area contributed by atoms with E-state index in [2.05, 4.69) is 60.7 Å². The highest BCUT2D eigenvalue weighted by atomic mass is 16.6. The van der Waals surface area contributed by atoms with Crippen LogP contribution >= 0.6 is 0 Å². The minimum Gasteiger partial charge on any atom is -0.379 e. The topological polar surface area (TPSA) is 190 Å². The number of hydrogen-bond acceptors (Lipinski definition) is 16. The lowest BCUT2D eigenvalue weighted by Gasteiger charge is -2.08. The summed E-state index contributed by atoms with van der Waals surface area (Å²) in [6, 6.07) is 0.405. The van der Waals surface area contributed by atoms with E-state index in [0.29, 0.717) is 91.9 Å². The smallest absolute Gasteiger partial charge is 0.160 e. The van der Waals surface area contributed by atoms with Gasteiger partial charge in [-0.3, -0.25) is 24.0 Å². The maximum absolute atomic E-state index is 11.3. The van der Waals surface area contributed by atoms with E-state index in [-0.39, 0.29) is 84.9 Å². The molecule has 0 aliphatic heterocycles. The number of nitrogens with one attached hydrogen (secondary N) is 1. The van der Waals surface area contributed by atoms with Crippen LogP contribution in [0.2, 0.25) is 0 Å². The fraction of sp³-hybridized carbons (Fsp3) is 0.922. The van der Waals surface area contributed by atoms with Gasteiger partial charge in [-0.2, -0.15) is 0 Å². The van der Waals surface area contributed by atoms with Crippen molar-refractivity contribution in [3.05, 3.63) is 0 Å². The van der Waals surface area contributed by atoms with E-state index in [1.54, 1.807) is 0 Å². The Labute approximate surface area is 491 Å². The number of hydrogen-bond donors (Lipinski definition) is 1. The van der Waals surface area contributed by atoms with Crippen LogP contribution in [0.25, 0.3) is 0 Å². The average molecular weight is 1150 g/mol. The lowest BCUT2D eigenvalue weighted by molar-refractivity contribution is -0.127. The highest BCUT2D eigenvalue weighted by molar-refractivity contribution is 5.83. The summed E-state index contributed by atoms with van der Waals surface area (Å²) in [6.07, 6.45) is 9.17. The summed E-state index contributed by atoms with van der Waals surface area (Å²) < 4.78 is 53.3. The molecule has 0 aromatic rings. The summed E-state index contributed by atoms with van der Waals surface area (Å²) >= 11 is 0. The van der Waals surface area contributed by atoms with Crippen LogP contribution in [0.5, 0.6) is 0 Å². The van der Waals surface area contributed by atoms with Crippen molar-refractivity contribution in [2.24, 2.45) is 53.3 Å². The first-order valence-electron chi connectivity index (χ1n) is 30.8. The van der Waals surface area contributed by atoms with Gasteiger partial charge in [0.2, 0.25) is 0 Å². The van der Waals surface area contributed by atoms with Crippen molar-refractivity contribution in [3.8, 4) is 0 Å². The molecule has 0 saturated heterocycles. The van der Waals surface area contributed by atoms with Gasteiger partial charge in [0.05, 0.1) is 85.8 Å². The van der Waals surface area contributed by atoms with E-state index in [9.17, 15) is 24.0 Å². The predicted molar refractivity (Wildman–Crippen MR) is 327 cm³/mol. The van der Waals surface area contributed by atoms with Crippen molar-refractivity contribution in [3.63, 3.8) is 0 Å². The van der Waals surface area contributed by atoms with Crippen molar-refractivity contribution < 1.29 is 71.3 Å². The molecule has 480 valence electrons. The Hall–Kier alpha value is -2.09. The van der Waals surface area contributed by atoms with Crippen molar-refractivity contribution >= 4 is 28.9 Å². The van der Waals surface area contributed by atoms with Crippen molar-refractivity contribution in [1.29, 1.82) is 0 Å². The summed E-state index contributed by atoms with van der Waals surface area (Å²) in [4.78, 5) is 55.8. The van der Waals surface area contributed by atoms with E-state index >= 15 is 0 Å². The van der Waals surface area contributed by atoms with Gasteiger partial charge < -0.3 is 52.7 Å². The first-order valence-corrected chi connectivity index (χ1v) is 30.8. The Morgan fingerprint density at radius 2 is 0.425 bits per heavy atom. The van der Waals surface area contributed by atoms with Crippen LogP contribution in [0.4, 0.5) is 0 Å². The van der Waals surface area contributed by atoms with Crippen molar-refractivity contribution in [2.45, 2.75) is 196 Å². The largest absolute Gasteiger partial charge is 0.379 e. The number of rotatable bonds is 50. The fourth-order valence-corrected chi connectivity index (χ4v) is 5.56. The second kappa shape index (κ2) is 64.5. The summed E-state index contributed by atoms with van der Waals surface area (Å²) in [6.45, 7) is 51.7. The van der Waals surface area contributed by atoms with Crippen LogP contribution in [0.15, 0.2) is 0 Å². The van der Waals surface area contributed by atoms with Crippen LogP contribution in [0.1, 0.15) is 190 Å². The highest BCUT2D eigenvalue weighted by Gasteiger charge is 2.10. The molecule has 0 atom stereocenters. The van der Waals surface area contributed by atoms with Gasteiger partial charge >= 0.3 is 0 Å². The molecule has 0 amide bonds. The SMILES string of the molecule is CC(C)CCCOCC(=O)C(C)C.CC(C)CCCOCCOCC(=O)C(C)C.CC(C)CCCOCCOCCOCC(=O)C(C)C.CC(C)CCCOCCOCCOCCOCC(=O)C(C)C.CC(C)NCC(=O)C(C)C. The second-order valence-corrected chi connectivity index (χ2v) is 23.7. The van der Waals surface area contributed by atoms with Crippen LogP contribution in [-0.2, 0) is 71.3 Å². The van der Waals surface area contributed by atoms with E-state index in [4.69, 9.17) is 47.4 Å². The number of Topliss-reactive ketones (excluding diaryl/α,β-unsaturated/α-hetero) is 5. The molecule has 0 rings (SSSR count). The number of carbonyl (C=O) groups is 5. The molecule has 0 aromatic heterocycles.